The highest BCUT2D eigenvalue weighted by molar-refractivity contribution is 6.34. The summed E-state index contributed by atoms with van der Waals surface area (Å²) in [7, 11) is 0. The topological polar surface area (TPSA) is 211 Å². The van der Waals surface area contributed by atoms with Crippen molar-refractivity contribution in [3.63, 3.8) is 0 Å². The zero-order valence-corrected chi connectivity index (χ0v) is 73.2. The summed E-state index contributed by atoms with van der Waals surface area (Å²) in [4.78, 5) is 78.0. The van der Waals surface area contributed by atoms with Crippen LogP contribution in [-0.2, 0) is 14.3 Å². The molecule has 0 aliphatic rings. The number of rotatable bonds is 17. The summed E-state index contributed by atoms with van der Waals surface area (Å²) in [6.07, 6.45) is 0. The number of esters is 2. The van der Waals surface area contributed by atoms with Crippen LogP contribution in [0.4, 0.5) is 0 Å². The molecular weight excluding hydrogens is 1670 g/mol. The Morgan fingerprint density at radius 1 is 0.230 bits per heavy atom. The van der Waals surface area contributed by atoms with Gasteiger partial charge in [0.25, 0.3) is 0 Å². The van der Waals surface area contributed by atoms with E-state index >= 15 is 0 Å². The molecule has 135 heavy (non-hydrogen) atoms. The Labute approximate surface area is 774 Å². The number of ether oxygens (including phenoxy) is 3. The first-order valence-corrected chi connectivity index (χ1v) is 44.2. The minimum atomic E-state index is -0.481. The summed E-state index contributed by atoms with van der Waals surface area (Å²) < 4.78 is 16.6. The highest BCUT2D eigenvalue weighted by Gasteiger charge is 2.27. The van der Waals surface area contributed by atoms with E-state index in [2.05, 4.69) is 116 Å². The van der Waals surface area contributed by atoms with E-state index in [1.54, 1.807) is 111 Å². The molecule has 0 heterocycles. The minimum Gasteiger partial charge on any atom is -0.507 e. The number of para-hydroxylation sites is 4. The highest BCUT2D eigenvalue weighted by Crippen LogP contribution is 2.47. The molecule has 648 valence electrons. The third-order valence-electron chi connectivity index (χ3n) is 25.2. The molecule has 0 bridgehead atoms. The van der Waals surface area contributed by atoms with E-state index in [0.29, 0.717) is 56.0 Å². The van der Waals surface area contributed by atoms with Crippen LogP contribution in [0, 0.1) is 0 Å². The minimum absolute atomic E-state index is 0.00554. The number of ketones is 4. The quantitative estimate of drug-likeness (QED) is 0.0167. The summed E-state index contributed by atoms with van der Waals surface area (Å²) in [5.41, 5.74) is 8.58. The first kappa shape index (κ1) is 85.2. The molecule has 0 amide bonds. The average molecular weight is 1760 g/mol. The third-order valence-corrected chi connectivity index (χ3v) is 25.2. The number of aromatic hydroxyl groups is 4. The molecule has 0 fully saturated rings. The fraction of sp³-hybridized carbons (Fsp3) is 0.0328. The third kappa shape index (κ3) is 15.8. The van der Waals surface area contributed by atoms with Crippen LogP contribution < -0.4 is 9.47 Å². The van der Waals surface area contributed by atoms with E-state index in [-0.39, 0.29) is 70.5 Å². The van der Waals surface area contributed by atoms with Crippen LogP contribution in [0.3, 0.4) is 0 Å². The molecule has 0 aliphatic carbocycles. The van der Waals surface area contributed by atoms with Gasteiger partial charge in [0.2, 0.25) is 0 Å². The zero-order chi connectivity index (χ0) is 92.8. The van der Waals surface area contributed by atoms with Crippen LogP contribution in [0.5, 0.6) is 34.5 Å². The van der Waals surface area contributed by atoms with E-state index in [1.165, 1.54) is 22.9 Å². The molecule has 23 aromatic rings. The van der Waals surface area contributed by atoms with Gasteiger partial charge in [0.05, 0.1) is 22.3 Å². The Kier molecular flexibility index (Phi) is 22.6. The van der Waals surface area contributed by atoms with Gasteiger partial charge in [-0.25, -0.2) is 9.59 Å². The van der Waals surface area contributed by atoms with Crippen molar-refractivity contribution in [3.8, 4) is 56.8 Å². The van der Waals surface area contributed by atoms with Crippen molar-refractivity contribution in [2.24, 2.45) is 0 Å². The van der Waals surface area contributed by atoms with Crippen LogP contribution in [0.25, 0.3) is 162 Å². The van der Waals surface area contributed by atoms with Crippen molar-refractivity contribution in [2.75, 3.05) is 13.2 Å². The molecule has 23 aromatic carbocycles. The van der Waals surface area contributed by atoms with Crippen LogP contribution in [0.1, 0.15) is 77.5 Å². The molecule has 0 saturated heterocycles. The Morgan fingerprint density at radius 3 is 1.01 bits per heavy atom. The predicted octanol–water partition coefficient (Wildman–Crippen LogP) is 28.7. The monoisotopic (exact) mass is 1750 g/mol. The van der Waals surface area contributed by atoms with Crippen molar-refractivity contribution >= 4 is 175 Å². The first-order valence-electron chi connectivity index (χ1n) is 44.2. The SMILES string of the molecule is C=C(C)C(=O)OCCOc1ccc2ccc3c(C(=O)c4ccccc4O)ccc4ccc1c2c43.C=C(C)C(=O)Oc1ccc2ccc3c(C(=O)c4ccccc4O)ccc4ccc1c2c43.O=C(c1ccccc1O)c1cc2ccccc2c2cc(-c3ccc4ccccc4c3)c3ccccc3c12.O=C(c1ccccc1O)c1cc2ccccc2c2cc(-c3ccccc3)c3ccccc3c12. The molecule has 23 rings (SSSR count). The largest absolute Gasteiger partial charge is 0.507 e. The average Bonchev–Trinajstić information content (AvgIpc) is 0.835. The lowest BCUT2D eigenvalue weighted by molar-refractivity contribution is -0.139. The van der Waals surface area contributed by atoms with Crippen molar-refractivity contribution in [1.29, 1.82) is 0 Å². The van der Waals surface area contributed by atoms with Gasteiger partial charge in [0, 0.05) is 65.7 Å². The summed E-state index contributed by atoms with van der Waals surface area (Å²) in [5, 5.41) is 67.1. The molecule has 0 aromatic heterocycles. The molecule has 0 unspecified atom stereocenters. The lowest BCUT2D eigenvalue weighted by Gasteiger charge is -2.17. The number of fused-ring (bicyclic) bond motifs is 11. The standard InChI is InChI=1S/C35H22O2.C31H20O2.C29H22O5.C27H18O4/c36-33-16-8-7-15-29(33)35(37)32-20-24-11-3-4-12-26(24)31-21-30(27-13-5-6-14-28(27)34(31)32)25-18-17-22-9-1-2-10-23(22)19-25;32-29-17-9-8-16-25(29)31(33)28-18-21-12-4-5-13-22(21)27-19-26(20-10-2-1-3-11-20)23-14-6-7-15-24(23)30(27)28;1-17(2)29(32)34-16-15-33-25-14-10-19-7-11-20-21(28(31)22-5-3-4-6-24(22)30)12-8-18-9-13-23(25)27(19)26(18)20;1-15(2)27(30)31-23-14-10-17-7-11-18-19(26(29)20-5-3-4-6-22(20)28)12-8-16-9-13-21(23)25(17)24(16)18/h1-21,36H;1-19,32H;3-14,30H,1,15-16H2,2H3;3-14,28H,1H2,2H3. The molecule has 0 atom stereocenters. The fourth-order valence-electron chi connectivity index (χ4n) is 18.8. The van der Waals surface area contributed by atoms with Gasteiger partial charge in [-0.1, -0.05) is 286 Å². The van der Waals surface area contributed by atoms with Crippen LogP contribution >= 0.6 is 0 Å². The Hall–Kier alpha value is -17.9. The van der Waals surface area contributed by atoms with Crippen molar-refractivity contribution < 1.29 is 63.4 Å². The van der Waals surface area contributed by atoms with E-state index < -0.39 is 11.9 Å². The maximum absolute atomic E-state index is 13.9. The molecule has 4 N–H and O–H groups in total. The Morgan fingerprint density at radius 2 is 0.563 bits per heavy atom. The van der Waals surface area contributed by atoms with Crippen LogP contribution in [-0.4, -0.2) is 68.7 Å². The lowest BCUT2D eigenvalue weighted by Crippen LogP contribution is -2.12. The second-order valence-electron chi connectivity index (χ2n) is 33.5. The first-order chi connectivity index (χ1) is 65.8. The maximum atomic E-state index is 13.9. The van der Waals surface area contributed by atoms with E-state index in [0.717, 1.165) is 152 Å². The van der Waals surface area contributed by atoms with Crippen LogP contribution in [0.15, 0.2) is 413 Å². The van der Waals surface area contributed by atoms with Gasteiger partial charge in [-0.3, -0.25) is 19.2 Å². The molecule has 13 nitrogen and oxygen atoms in total. The van der Waals surface area contributed by atoms with Gasteiger partial charge in [0.1, 0.15) is 47.7 Å². The number of carbonyl (C=O) groups excluding carboxylic acids is 6. The van der Waals surface area contributed by atoms with E-state index in [4.69, 9.17) is 14.2 Å². The summed E-state index contributed by atoms with van der Waals surface area (Å²) in [6.45, 7) is 10.7. The number of phenolic OH excluding ortho intramolecular Hbond substituents is 4. The molecule has 0 spiro atoms. The maximum Gasteiger partial charge on any atom is 0.338 e. The molecule has 0 saturated carbocycles. The fourth-order valence-corrected chi connectivity index (χ4v) is 18.8. The molecule has 13 heteroatoms. The van der Waals surface area contributed by atoms with Gasteiger partial charge in [-0.2, -0.15) is 0 Å². The van der Waals surface area contributed by atoms with E-state index in [1.807, 2.05) is 176 Å². The van der Waals surface area contributed by atoms with Gasteiger partial charge in [-0.05, 0) is 259 Å². The van der Waals surface area contributed by atoms with Gasteiger partial charge in [0.15, 0.2) is 23.1 Å². The molecule has 0 aliphatic heterocycles. The second kappa shape index (κ2) is 35.8. The van der Waals surface area contributed by atoms with E-state index in [9.17, 15) is 49.2 Å². The Bertz CT molecular complexity index is 8850. The number of phenols is 4. The smallest absolute Gasteiger partial charge is 0.338 e. The molecular formula is C122H82O13. The molecule has 0 radical (unpaired) electrons. The Balaban J connectivity index is 0.000000112. The van der Waals surface area contributed by atoms with Gasteiger partial charge >= 0.3 is 11.9 Å². The lowest BCUT2D eigenvalue weighted by atomic mass is 9.86. The zero-order valence-electron chi connectivity index (χ0n) is 73.2. The normalized spacial score (nSPS) is 11.3. The summed E-state index contributed by atoms with van der Waals surface area (Å²) >= 11 is 0. The summed E-state index contributed by atoms with van der Waals surface area (Å²) in [6, 6.07) is 124. The summed E-state index contributed by atoms with van der Waals surface area (Å²) in [5.74, 6) is -0.742. The highest BCUT2D eigenvalue weighted by atomic mass is 16.6. The van der Waals surface area contributed by atoms with Crippen molar-refractivity contribution in [2.45, 2.75) is 13.8 Å². The predicted molar refractivity (Wildman–Crippen MR) is 544 cm³/mol. The second-order valence-corrected chi connectivity index (χ2v) is 33.5. The van der Waals surface area contributed by atoms with Gasteiger partial charge in [-0.15, -0.1) is 0 Å². The van der Waals surface area contributed by atoms with Crippen molar-refractivity contribution in [1.82, 2.24) is 0 Å². The number of benzene rings is 23. The van der Waals surface area contributed by atoms with Crippen molar-refractivity contribution in [3.05, 3.63) is 457 Å². The van der Waals surface area contributed by atoms with Gasteiger partial charge < -0.3 is 34.6 Å². The number of hydrogen-bond acceptors (Lipinski definition) is 13. The van der Waals surface area contributed by atoms with Crippen LogP contribution in [0.2, 0.25) is 0 Å². The number of hydrogen-bond donors (Lipinski definition) is 4. The number of carbonyl (C=O) groups is 6.